The minimum Gasteiger partial charge on any atom is -0.441 e. The smallest absolute Gasteiger partial charge is 0.405 e. The number of carbonyl (C=O) groups is 1. The molecule has 0 bridgehead atoms. The van der Waals surface area contributed by atoms with Gasteiger partial charge in [0.05, 0.1) is 17.4 Å². The molecule has 2 aromatic heterocycles. The molecule has 1 aliphatic rings. The number of nitrogens with one attached hydrogen (secondary N) is 2. The number of hydrogen-bond donors (Lipinski definition) is 3. The van der Waals surface area contributed by atoms with Crippen LogP contribution in [0.2, 0.25) is 0 Å². The minimum absolute atomic E-state index is 0.0743. The van der Waals surface area contributed by atoms with Gasteiger partial charge in [-0.3, -0.25) is 4.98 Å². The summed E-state index contributed by atoms with van der Waals surface area (Å²) < 4.78 is 5.47. The Bertz CT molecular complexity index is 1500. The molecular weight excluding hydrogens is 512 g/mol. The first kappa shape index (κ1) is 28.1. The Balaban J connectivity index is 1.26. The van der Waals surface area contributed by atoms with Gasteiger partial charge >= 0.3 is 6.09 Å². The molecule has 1 aliphatic heterocycles. The third kappa shape index (κ3) is 7.01. The van der Waals surface area contributed by atoms with E-state index >= 15 is 0 Å². The number of nitrogens with two attached hydrogens (primary N) is 1. The zero-order chi connectivity index (χ0) is 29.0. The van der Waals surface area contributed by atoms with E-state index in [0.29, 0.717) is 5.95 Å². The summed E-state index contributed by atoms with van der Waals surface area (Å²) in [5.74, 6) is 0.600. The van der Waals surface area contributed by atoms with Gasteiger partial charge in [0.1, 0.15) is 6.10 Å². The van der Waals surface area contributed by atoms with Crippen LogP contribution in [0.25, 0.3) is 11.3 Å². The van der Waals surface area contributed by atoms with Crippen LogP contribution in [0.15, 0.2) is 79.1 Å². The van der Waals surface area contributed by atoms with E-state index in [4.69, 9.17) is 15.5 Å². The number of nitrogens with zero attached hydrogens (tertiary/aromatic N) is 3. The highest BCUT2D eigenvalue weighted by molar-refractivity contribution is 5.67. The number of aromatic nitrogens is 3. The van der Waals surface area contributed by atoms with Crippen LogP contribution in [0.5, 0.6) is 0 Å². The van der Waals surface area contributed by atoms with E-state index in [-0.39, 0.29) is 17.5 Å². The Labute approximate surface area is 241 Å². The lowest BCUT2D eigenvalue weighted by molar-refractivity contribution is 0.0359. The second-order valence-corrected chi connectivity index (χ2v) is 11.8. The molecule has 2 unspecified atom stereocenters. The standard InChI is InChI=1S/C33H38N6O2/c1-21(17-22-9-8-12-24(18-22)30(33(2,3)4)41-31(34)40)37-32-35-16-15-27(39-32)26-14-13-25-20-36-28(19-29(25)38-26)23-10-6-5-7-11-23/h5-12,15-16,18-21,26,30,38H,13-14,17H2,1-4H3,(H2,34,40)(H,35,37,39)/t21?,26-,30?/m0/s1. The SMILES string of the molecule is CC(Cc1cccc(C(OC(N)=O)C(C)(C)C)c1)Nc1nccc([C@@H]2CCc3cnc(-c4ccccc4)cc3N2)n1. The third-order valence-electron chi connectivity index (χ3n) is 7.31. The highest BCUT2D eigenvalue weighted by Crippen LogP contribution is 2.37. The summed E-state index contributed by atoms with van der Waals surface area (Å²) in [7, 11) is 0. The van der Waals surface area contributed by atoms with Gasteiger partial charge in [0, 0.05) is 35.1 Å². The average molecular weight is 551 g/mol. The molecule has 8 nitrogen and oxygen atoms in total. The van der Waals surface area contributed by atoms with Crippen molar-refractivity contribution in [3.05, 3.63) is 102 Å². The molecule has 5 rings (SSSR count). The van der Waals surface area contributed by atoms with Crippen molar-refractivity contribution < 1.29 is 9.53 Å². The fraction of sp³-hybridized carbons (Fsp3) is 0.333. The Morgan fingerprint density at radius 2 is 1.90 bits per heavy atom. The van der Waals surface area contributed by atoms with Crippen LogP contribution in [0.4, 0.5) is 16.4 Å². The molecule has 2 aromatic carbocycles. The van der Waals surface area contributed by atoms with Crippen LogP contribution >= 0.6 is 0 Å². The van der Waals surface area contributed by atoms with Gasteiger partial charge in [-0.25, -0.2) is 14.8 Å². The summed E-state index contributed by atoms with van der Waals surface area (Å²) in [5, 5.41) is 7.15. The fourth-order valence-electron chi connectivity index (χ4n) is 5.37. The van der Waals surface area contributed by atoms with Crippen LogP contribution in [0, 0.1) is 5.41 Å². The van der Waals surface area contributed by atoms with Crippen molar-refractivity contribution in [1.29, 1.82) is 0 Å². The number of primary amides is 1. The molecule has 0 aliphatic carbocycles. The molecule has 4 aromatic rings. The summed E-state index contributed by atoms with van der Waals surface area (Å²) in [4.78, 5) is 25.6. The molecule has 8 heteroatoms. The van der Waals surface area contributed by atoms with Crippen LogP contribution in [0.1, 0.15) is 68.6 Å². The molecule has 0 fully saturated rings. The Morgan fingerprint density at radius 3 is 2.66 bits per heavy atom. The highest BCUT2D eigenvalue weighted by Gasteiger charge is 2.30. The Morgan fingerprint density at radius 1 is 1.10 bits per heavy atom. The Hall–Kier alpha value is -4.46. The molecule has 212 valence electrons. The molecular formula is C33H38N6O2. The highest BCUT2D eigenvalue weighted by atomic mass is 16.6. The van der Waals surface area contributed by atoms with E-state index in [1.54, 1.807) is 0 Å². The zero-order valence-electron chi connectivity index (χ0n) is 24.1. The van der Waals surface area contributed by atoms with Crippen molar-refractivity contribution in [2.24, 2.45) is 11.1 Å². The van der Waals surface area contributed by atoms with E-state index in [1.165, 1.54) is 5.56 Å². The number of ether oxygens (including phenoxy) is 1. The van der Waals surface area contributed by atoms with Gasteiger partial charge in [-0.15, -0.1) is 0 Å². The fourth-order valence-corrected chi connectivity index (χ4v) is 5.37. The number of hydrogen-bond acceptors (Lipinski definition) is 7. The van der Waals surface area contributed by atoms with E-state index in [0.717, 1.165) is 53.0 Å². The maximum absolute atomic E-state index is 11.5. The van der Waals surface area contributed by atoms with E-state index < -0.39 is 12.2 Å². The van der Waals surface area contributed by atoms with Gasteiger partial charge in [0.15, 0.2) is 0 Å². The zero-order valence-corrected chi connectivity index (χ0v) is 24.1. The van der Waals surface area contributed by atoms with Crippen molar-refractivity contribution >= 4 is 17.7 Å². The third-order valence-corrected chi connectivity index (χ3v) is 7.31. The number of carbonyl (C=O) groups excluding carboxylic acids is 1. The maximum atomic E-state index is 11.5. The molecule has 0 saturated heterocycles. The topological polar surface area (TPSA) is 115 Å². The summed E-state index contributed by atoms with van der Waals surface area (Å²) in [6.07, 6.45) is 5.20. The lowest BCUT2D eigenvalue weighted by Gasteiger charge is -2.30. The number of rotatable bonds is 8. The van der Waals surface area contributed by atoms with Gasteiger partial charge in [0.25, 0.3) is 0 Å². The van der Waals surface area contributed by atoms with Gasteiger partial charge in [0.2, 0.25) is 5.95 Å². The molecule has 0 spiro atoms. The molecule has 41 heavy (non-hydrogen) atoms. The van der Waals surface area contributed by atoms with Crippen LogP contribution in [-0.4, -0.2) is 27.1 Å². The normalized spacial score (nSPS) is 16.1. The van der Waals surface area contributed by atoms with E-state index in [9.17, 15) is 4.79 Å². The number of pyridine rings is 1. The van der Waals surface area contributed by atoms with Gasteiger partial charge in [-0.2, -0.15) is 0 Å². The summed E-state index contributed by atoms with van der Waals surface area (Å²) in [5.41, 5.74) is 12.4. The van der Waals surface area contributed by atoms with Crippen molar-refractivity contribution in [3.63, 3.8) is 0 Å². The molecule has 4 N–H and O–H groups in total. The second-order valence-electron chi connectivity index (χ2n) is 11.8. The van der Waals surface area contributed by atoms with Gasteiger partial charge in [-0.05, 0) is 55.0 Å². The number of aryl methyl sites for hydroxylation is 1. The first-order valence-corrected chi connectivity index (χ1v) is 14.1. The lowest BCUT2D eigenvalue weighted by Crippen LogP contribution is -2.27. The summed E-state index contributed by atoms with van der Waals surface area (Å²) in [6.45, 7) is 8.19. The first-order valence-electron chi connectivity index (χ1n) is 14.1. The first-order chi connectivity index (χ1) is 19.7. The van der Waals surface area contributed by atoms with Gasteiger partial charge < -0.3 is 21.1 Å². The summed E-state index contributed by atoms with van der Waals surface area (Å²) in [6, 6.07) is 22.6. The number of amides is 1. The van der Waals surface area contributed by atoms with Crippen LogP contribution in [0.3, 0.4) is 0 Å². The van der Waals surface area contributed by atoms with Crippen LogP contribution in [-0.2, 0) is 17.6 Å². The quantitative estimate of drug-likeness (QED) is 0.219. The lowest BCUT2D eigenvalue weighted by atomic mass is 9.84. The van der Waals surface area contributed by atoms with E-state index in [1.807, 2.05) is 69.6 Å². The Kier molecular flexibility index (Phi) is 8.19. The van der Waals surface area contributed by atoms with E-state index in [2.05, 4.69) is 57.9 Å². The monoisotopic (exact) mass is 550 g/mol. The van der Waals surface area contributed by atoms with Crippen molar-refractivity contribution in [3.8, 4) is 11.3 Å². The molecule has 0 radical (unpaired) electrons. The number of fused-ring (bicyclic) bond motifs is 1. The molecule has 3 heterocycles. The second kappa shape index (κ2) is 12.0. The minimum atomic E-state index is -0.772. The number of benzene rings is 2. The number of anilines is 2. The van der Waals surface area contributed by atoms with Crippen molar-refractivity contribution in [2.45, 2.75) is 65.1 Å². The average Bonchev–Trinajstić information content (AvgIpc) is 2.95. The molecule has 1 amide bonds. The predicted octanol–water partition coefficient (Wildman–Crippen LogP) is 6.86. The largest absolute Gasteiger partial charge is 0.441 e. The van der Waals surface area contributed by atoms with Crippen LogP contribution < -0.4 is 16.4 Å². The molecule has 0 saturated carbocycles. The predicted molar refractivity (Wildman–Crippen MR) is 162 cm³/mol. The van der Waals surface area contributed by atoms with Crippen molar-refractivity contribution in [1.82, 2.24) is 15.0 Å². The van der Waals surface area contributed by atoms with Crippen molar-refractivity contribution in [2.75, 3.05) is 10.6 Å². The van der Waals surface area contributed by atoms with Gasteiger partial charge in [-0.1, -0.05) is 75.4 Å². The maximum Gasteiger partial charge on any atom is 0.405 e. The molecule has 3 atom stereocenters. The summed E-state index contributed by atoms with van der Waals surface area (Å²) >= 11 is 0.